The second-order valence-corrected chi connectivity index (χ2v) is 5.94. The van der Waals surface area contributed by atoms with Gasteiger partial charge in [-0.1, -0.05) is 37.3 Å². The van der Waals surface area contributed by atoms with Gasteiger partial charge in [0.15, 0.2) is 5.78 Å². The Morgan fingerprint density at radius 1 is 1.30 bits per heavy atom. The minimum atomic E-state index is -1.18. The molecule has 3 nitrogen and oxygen atoms in total. The lowest BCUT2D eigenvalue weighted by Gasteiger charge is -2.25. The van der Waals surface area contributed by atoms with Gasteiger partial charge in [-0.25, -0.2) is 0 Å². The Morgan fingerprint density at radius 3 is 2.55 bits per heavy atom. The molecule has 0 bridgehead atoms. The van der Waals surface area contributed by atoms with Crippen LogP contribution in [0.1, 0.15) is 44.1 Å². The zero-order valence-electron chi connectivity index (χ0n) is 11.8. The van der Waals surface area contributed by atoms with Crippen molar-refractivity contribution in [1.29, 1.82) is 0 Å². The summed E-state index contributed by atoms with van der Waals surface area (Å²) in [6.45, 7) is 0. The first-order valence-electron chi connectivity index (χ1n) is 7.13. The van der Waals surface area contributed by atoms with E-state index < -0.39 is 5.60 Å². The maximum absolute atomic E-state index is 12.5. The van der Waals surface area contributed by atoms with Crippen LogP contribution in [0.4, 0.5) is 0 Å². The Hall–Kier alpha value is -1.06. The van der Waals surface area contributed by atoms with E-state index in [0.29, 0.717) is 23.6 Å². The summed E-state index contributed by atoms with van der Waals surface area (Å²) in [5.74, 6) is 0.514. The molecule has 1 aliphatic rings. The predicted molar refractivity (Wildman–Crippen MR) is 79.4 cm³/mol. The first-order valence-corrected chi connectivity index (χ1v) is 7.51. The molecule has 0 radical (unpaired) electrons. The number of ether oxygens (including phenoxy) is 1. The number of carbonyl (C=O) groups is 1. The third-order valence-corrected chi connectivity index (χ3v) is 4.28. The van der Waals surface area contributed by atoms with E-state index in [1.165, 1.54) is 0 Å². The highest BCUT2D eigenvalue weighted by Gasteiger charge is 2.35. The summed E-state index contributed by atoms with van der Waals surface area (Å²) in [7, 11) is 1.57. The molecule has 1 saturated carbocycles. The molecule has 4 heteroatoms. The first kappa shape index (κ1) is 15.3. The molecule has 2 rings (SSSR count). The van der Waals surface area contributed by atoms with Crippen LogP contribution < -0.4 is 4.74 Å². The van der Waals surface area contributed by atoms with Crippen molar-refractivity contribution in [3.05, 3.63) is 28.8 Å². The summed E-state index contributed by atoms with van der Waals surface area (Å²) in [6.07, 6.45) is 5.31. The number of rotatable bonds is 4. The number of hydrogen-bond donors (Lipinski definition) is 1. The molecule has 0 saturated heterocycles. The van der Waals surface area contributed by atoms with Crippen molar-refractivity contribution < 1.29 is 14.6 Å². The van der Waals surface area contributed by atoms with E-state index in [1.807, 2.05) is 0 Å². The molecule has 0 aliphatic heterocycles. The van der Waals surface area contributed by atoms with Gasteiger partial charge in [0.1, 0.15) is 11.4 Å². The second kappa shape index (κ2) is 6.59. The van der Waals surface area contributed by atoms with Gasteiger partial charge >= 0.3 is 0 Å². The number of Topliss-reactive ketones (excluding diaryl/α,β-unsaturated/α-hetero) is 1. The van der Waals surface area contributed by atoms with Crippen molar-refractivity contribution in [2.75, 3.05) is 7.11 Å². The van der Waals surface area contributed by atoms with Gasteiger partial charge in [0.2, 0.25) is 0 Å². The Bertz CT molecular complexity index is 477. The van der Waals surface area contributed by atoms with Gasteiger partial charge in [-0.15, -0.1) is 0 Å². The molecular weight excluding hydrogens is 276 g/mol. The number of halogens is 1. The quantitative estimate of drug-likeness (QED) is 0.864. The van der Waals surface area contributed by atoms with Gasteiger partial charge in [-0.2, -0.15) is 0 Å². The molecule has 20 heavy (non-hydrogen) atoms. The molecule has 1 aliphatic carbocycles. The van der Waals surface area contributed by atoms with E-state index in [1.54, 1.807) is 25.3 Å². The molecule has 0 amide bonds. The van der Waals surface area contributed by atoms with E-state index in [9.17, 15) is 9.90 Å². The van der Waals surface area contributed by atoms with E-state index in [-0.39, 0.29) is 12.2 Å². The topological polar surface area (TPSA) is 46.5 Å². The molecule has 1 aromatic rings. The van der Waals surface area contributed by atoms with Crippen LogP contribution in [0.2, 0.25) is 5.02 Å². The van der Waals surface area contributed by atoms with Crippen LogP contribution in [-0.4, -0.2) is 23.6 Å². The largest absolute Gasteiger partial charge is 0.496 e. The molecule has 0 unspecified atom stereocenters. The molecule has 1 fully saturated rings. The number of carbonyl (C=O) groups excluding carboxylic acids is 1. The summed E-state index contributed by atoms with van der Waals surface area (Å²) in [6, 6.07) is 5.22. The number of benzene rings is 1. The number of aliphatic hydroxyl groups is 1. The number of ketones is 1. The summed E-state index contributed by atoms with van der Waals surface area (Å²) >= 11 is 5.97. The zero-order chi connectivity index (χ0) is 14.6. The standard InChI is InChI=1S/C16H21ClO3/c1-20-14-7-6-13(17)10-12(14)11-15(18)16(19)8-4-2-3-5-9-16/h6-7,10,19H,2-5,8-9,11H2,1H3. The monoisotopic (exact) mass is 296 g/mol. The normalized spacial score (nSPS) is 18.4. The van der Waals surface area contributed by atoms with Crippen molar-refractivity contribution in [1.82, 2.24) is 0 Å². The van der Waals surface area contributed by atoms with Crippen LogP contribution in [0.5, 0.6) is 5.75 Å². The summed E-state index contributed by atoms with van der Waals surface area (Å²) in [4.78, 5) is 12.5. The first-order chi connectivity index (χ1) is 9.55. The van der Waals surface area contributed by atoms with Gasteiger partial charge in [0, 0.05) is 17.0 Å². The van der Waals surface area contributed by atoms with Crippen LogP contribution in [0, 0.1) is 0 Å². The summed E-state index contributed by atoms with van der Waals surface area (Å²) in [5, 5.41) is 11.2. The minimum absolute atomic E-state index is 0.125. The minimum Gasteiger partial charge on any atom is -0.496 e. The molecule has 0 heterocycles. The molecule has 0 aromatic heterocycles. The lowest BCUT2D eigenvalue weighted by Crippen LogP contribution is -2.39. The van der Waals surface area contributed by atoms with Crippen LogP contribution in [0.15, 0.2) is 18.2 Å². The van der Waals surface area contributed by atoms with Crippen LogP contribution >= 0.6 is 11.6 Å². The molecule has 1 N–H and O–H groups in total. The van der Waals surface area contributed by atoms with E-state index >= 15 is 0 Å². The van der Waals surface area contributed by atoms with Gasteiger partial charge < -0.3 is 9.84 Å². The SMILES string of the molecule is COc1ccc(Cl)cc1CC(=O)C1(O)CCCCCC1. The molecular formula is C16H21ClO3. The van der Waals surface area contributed by atoms with Crippen molar-refractivity contribution in [2.24, 2.45) is 0 Å². The Labute approximate surface area is 124 Å². The third kappa shape index (κ3) is 3.53. The van der Waals surface area contributed by atoms with Crippen LogP contribution in [0.3, 0.4) is 0 Å². The van der Waals surface area contributed by atoms with Crippen molar-refractivity contribution in [3.8, 4) is 5.75 Å². The Kier molecular flexibility index (Phi) is 5.06. The Balaban J connectivity index is 2.16. The highest BCUT2D eigenvalue weighted by molar-refractivity contribution is 6.30. The maximum atomic E-state index is 12.5. The van der Waals surface area contributed by atoms with Crippen molar-refractivity contribution in [2.45, 2.75) is 50.5 Å². The highest BCUT2D eigenvalue weighted by Crippen LogP contribution is 2.31. The van der Waals surface area contributed by atoms with Gasteiger partial charge in [-0.3, -0.25) is 4.79 Å². The fourth-order valence-electron chi connectivity index (χ4n) is 2.82. The van der Waals surface area contributed by atoms with Crippen molar-refractivity contribution in [3.63, 3.8) is 0 Å². The van der Waals surface area contributed by atoms with Gasteiger partial charge in [0.05, 0.1) is 7.11 Å². The summed E-state index contributed by atoms with van der Waals surface area (Å²) in [5.41, 5.74) is -0.438. The fraction of sp³-hybridized carbons (Fsp3) is 0.562. The summed E-state index contributed by atoms with van der Waals surface area (Å²) < 4.78 is 5.25. The lowest BCUT2D eigenvalue weighted by atomic mass is 9.86. The van der Waals surface area contributed by atoms with Crippen LogP contribution in [0.25, 0.3) is 0 Å². The molecule has 0 atom stereocenters. The molecule has 0 spiro atoms. The number of hydrogen-bond acceptors (Lipinski definition) is 3. The molecule has 1 aromatic carbocycles. The molecule has 110 valence electrons. The number of methoxy groups -OCH3 is 1. The third-order valence-electron chi connectivity index (χ3n) is 4.04. The zero-order valence-corrected chi connectivity index (χ0v) is 12.6. The van der Waals surface area contributed by atoms with E-state index in [4.69, 9.17) is 16.3 Å². The maximum Gasteiger partial charge on any atom is 0.168 e. The van der Waals surface area contributed by atoms with Gasteiger partial charge in [0.25, 0.3) is 0 Å². The van der Waals surface area contributed by atoms with Crippen LogP contribution in [-0.2, 0) is 11.2 Å². The smallest absolute Gasteiger partial charge is 0.168 e. The fourth-order valence-corrected chi connectivity index (χ4v) is 3.01. The predicted octanol–water partition coefficient (Wildman–Crippen LogP) is 3.55. The average Bonchev–Trinajstić information content (AvgIpc) is 2.65. The second-order valence-electron chi connectivity index (χ2n) is 5.50. The van der Waals surface area contributed by atoms with Crippen molar-refractivity contribution >= 4 is 17.4 Å². The average molecular weight is 297 g/mol. The Morgan fingerprint density at radius 2 is 1.95 bits per heavy atom. The van der Waals surface area contributed by atoms with Gasteiger partial charge in [-0.05, 0) is 31.0 Å². The van der Waals surface area contributed by atoms with E-state index in [2.05, 4.69) is 0 Å². The highest BCUT2D eigenvalue weighted by atomic mass is 35.5. The lowest BCUT2D eigenvalue weighted by molar-refractivity contribution is -0.138. The van der Waals surface area contributed by atoms with E-state index in [0.717, 1.165) is 31.2 Å².